The average Bonchev–Trinajstić information content (AvgIpc) is 1.20. The normalized spacial score (nSPS) is 11.7. The predicted molar refractivity (Wildman–Crippen MR) is 560 cm³/mol. The fourth-order valence-corrected chi connectivity index (χ4v) is 16.9. The number of nitrogens with one attached hydrogen (secondary N) is 15. The molecule has 26 rings (SSSR count). The minimum atomic E-state index is -0.0755. The molecule has 0 spiro atoms. The lowest BCUT2D eigenvalue weighted by atomic mass is 9.93. The SMILES string of the molecule is Cc1cc2cc(Nc3n[nH]c4cccnc34)ccc2c(=O)[nH]1.Cc1cc2cc(Nc3n[nH]c4cccnc34)ccc2c(C)n1.Cc1cc2cc(Nc3n[nH]c4cccnc34)ccc2c(C)n1.Cc1cc2cc(Nc3n[nH]c4cccnc34)ccc2cn1.c1ccc(CNc2nccc3cc(Nc4n[nH]c5cccnc45)ccc23)cc1.c1cnc2c(Nc3ccc4c(NC5CCC5)nccc4c3)n[nH]c2c1. The molecule has 0 unspecified atom stereocenters. The van der Waals surface area contributed by atoms with Crippen LogP contribution in [0.5, 0.6) is 0 Å². The molecule has 0 amide bonds. The number of pyridine rings is 12. The minimum Gasteiger partial charge on any atom is -0.367 e. The molecule has 0 aliphatic heterocycles. The number of aryl methyl sites for hydroxylation is 6. The first-order chi connectivity index (χ1) is 68.6. The van der Waals surface area contributed by atoms with E-state index in [9.17, 15) is 4.79 Å². The van der Waals surface area contributed by atoms with Crippen LogP contribution in [0.2, 0.25) is 0 Å². The fraction of sp³-hybridized carbons (Fsp3) is 0.103. The second-order valence-electron chi connectivity index (χ2n) is 33.9. The molecule has 18 heterocycles. The van der Waals surface area contributed by atoms with E-state index in [1.165, 1.54) is 46.4 Å². The number of fused-ring (bicyclic) bond motifs is 12. The number of hydrogen-bond acceptors (Lipinski definition) is 26. The smallest absolute Gasteiger partial charge is 0.256 e. The first-order valence-corrected chi connectivity index (χ1v) is 45.6. The molecule has 33 nitrogen and oxygen atoms in total. The Morgan fingerprint density at radius 1 is 0.286 bits per heavy atom. The minimum absolute atomic E-state index is 0.0755. The van der Waals surface area contributed by atoms with Crippen molar-refractivity contribution >= 4 is 212 Å². The summed E-state index contributed by atoms with van der Waals surface area (Å²) in [5.41, 5.74) is 23.3. The first-order valence-electron chi connectivity index (χ1n) is 45.6. The van der Waals surface area contributed by atoms with Crippen molar-refractivity contribution in [1.29, 1.82) is 0 Å². The Kier molecular flexibility index (Phi) is 24.5. The zero-order chi connectivity index (χ0) is 94.9. The maximum absolute atomic E-state index is 11.9. The van der Waals surface area contributed by atoms with Gasteiger partial charge in [0.05, 0.1) is 33.1 Å². The van der Waals surface area contributed by atoms with E-state index in [1.54, 1.807) is 43.2 Å². The lowest BCUT2D eigenvalue weighted by Crippen LogP contribution is -2.27. The van der Waals surface area contributed by atoms with Crippen molar-refractivity contribution in [2.24, 2.45) is 0 Å². The third-order valence-electron chi connectivity index (χ3n) is 23.9. The highest BCUT2D eigenvalue weighted by molar-refractivity contribution is 6.00. The van der Waals surface area contributed by atoms with Crippen LogP contribution in [0.25, 0.3) is 131 Å². The molecule has 1 aliphatic rings. The van der Waals surface area contributed by atoms with Gasteiger partial charge in [-0.2, -0.15) is 30.6 Å². The summed E-state index contributed by atoms with van der Waals surface area (Å²) in [5, 5.41) is 83.5. The number of benzene rings is 7. The third kappa shape index (κ3) is 19.5. The van der Waals surface area contributed by atoms with Crippen LogP contribution in [0, 0.1) is 41.5 Å². The maximum Gasteiger partial charge on any atom is 0.256 e. The highest BCUT2D eigenvalue weighted by Gasteiger charge is 2.21. The van der Waals surface area contributed by atoms with Crippen LogP contribution in [0.4, 0.5) is 80.7 Å². The molecule has 1 fully saturated rings. The molecule has 7 aromatic carbocycles. The van der Waals surface area contributed by atoms with Gasteiger partial charge in [-0.05, 0) is 299 Å². The molecule has 0 bridgehead atoms. The molecule has 18 aromatic heterocycles. The van der Waals surface area contributed by atoms with E-state index in [0.29, 0.717) is 23.1 Å². The van der Waals surface area contributed by atoms with Gasteiger partial charge in [0.15, 0.2) is 34.9 Å². The summed E-state index contributed by atoms with van der Waals surface area (Å²) in [6.07, 6.45) is 19.9. The average molecular weight is 1840 g/mol. The van der Waals surface area contributed by atoms with Crippen LogP contribution in [0.15, 0.2) is 309 Å². The number of nitrogens with zero attached hydrogens (tertiary/aromatic N) is 17. The Morgan fingerprint density at radius 2 is 0.629 bits per heavy atom. The zero-order valence-electron chi connectivity index (χ0n) is 76.8. The fourth-order valence-electron chi connectivity index (χ4n) is 16.9. The van der Waals surface area contributed by atoms with Crippen molar-refractivity contribution in [2.75, 3.05) is 42.5 Å². The summed E-state index contributed by atoms with van der Waals surface area (Å²) in [5.74, 6) is 6.16. The van der Waals surface area contributed by atoms with Gasteiger partial charge < -0.3 is 47.5 Å². The molecule has 0 radical (unpaired) electrons. The van der Waals surface area contributed by atoms with Crippen molar-refractivity contribution in [1.82, 2.24) is 121 Å². The van der Waals surface area contributed by atoms with Crippen molar-refractivity contribution in [3.8, 4) is 0 Å². The number of H-pyrrole nitrogens is 7. The number of hydrogen-bond donors (Lipinski definition) is 15. The van der Waals surface area contributed by atoms with Crippen molar-refractivity contribution in [3.63, 3.8) is 0 Å². The number of aromatic amines is 7. The van der Waals surface area contributed by atoms with Crippen LogP contribution < -0.4 is 48.1 Å². The van der Waals surface area contributed by atoms with E-state index in [1.807, 2.05) is 212 Å². The number of rotatable bonds is 17. The van der Waals surface area contributed by atoms with Crippen LogP contribution in [-0.2, 0) is 6.54 Å². The van der Waals surface area contributed by atoms with E-state index in [0.717, 1.165) is 214 Å². The monoisotopic (exact) mass is 1840 g/mol. The molecule has 686 valence electrons. The van der Waals surface area contributed by atoms with Crippen molar-refractivity contribution < 1.29 is 0 Å². The van der Waals surface area contributed by atoms with E-state index in [2.05, 4.69) is 255 Å². The van der Waals surface area contributed by atoms with Gasteiger partial charge in [-0.1, -0.05) is 48.5 Å². The molecule has 1 saturated carbocycles. The lowest BCUT2D eigenvalue weighted by Gasteiger charge is -2.27. The molecule has 25 aromatic rings. The van der Waals surface area contributed by atoms with Gasteiger partial charge in [0.2, 0.25) is 0 Å². The summed E-state index contributed by atoms with van der Waals surface area (Å²) in [6, 6.07) is 82.8. The lowest BCUT2D eigenvalue weighted by molar-refractivity contribution is 0.445. The van der Waals surface area contributed by atoms with E-state index < -0.39 is 0 Å². The summed E-state index contributed by atoms with van der Waals surface area (Å²) in [4.78, 5) is 63.2. The summed E-state index contributed by atoms with van der Waals surface area (Å²) in [6.45, 7) is 12.7. The number of anilines is 14. The van der Waals surface area contributed by atoms with Crippen LogP contribution in [0.1, 0.15) is 59.0 Å². The van der Waals surface area contributed by atoms with Crippen molar-refractivity contribution in [3.05, 3.63) is 355 Å². The Balaban J connectivity index is 0.000000100. The topological polar surface area (TPSA) is 443 Å². The second-order valence-corrected chi connectivity index (χ2v) is 33.9. The molecular formula is C107H92N32O. The molecule has 1 aliphatic carbocycles. The summed E-state index contributed by atoms with van der Waals surface area (Å²) >= 11 is 0. The summed E-state index contributed by atoms with van der Waals surface area (Å²) in [7, 11) is 0. The predicted octanol–water partition coefficient (Wildman–Crippen LogP) is 23.2. The van der Waals surface area contributed by atoms with Gasteiger partial charge in [0.1, 0.15) is 44.7 Å². The Morgan fingerprint density at radius 3 is 1.02 bits per heavy atom. The van der Waals surface area contributed by atoms with Gasteiger partial charge in [-0.3, -0.25) is 80.2 Å². The first kappa shape index (κ1) is 87.6. The quantitative estimate of drug-likeness (QED) is 0.0402. The summed E-state index contributed by atoms with van der Waals surface area (Å²) < 4.78 is 0. The molecule has 0 saturated heterocycles. The molecule has 140 heavy (non-hydrogen) atoms. The maximum atomic E-state index is 11.9. The molecule has 0 atom stereocenters. The largest absolute Gasteiger partial charge is 0.367 e. The Bertz CT molecular complexity index is 8740. The van der Waals surface area contributed by atoms with Crippen LogP contribution in [-0.4, -0.2) is 127 Å². The van der Waals surface area contributed by atoms with Gasteiger partial charge >= 0.3 is 0 Å². The van der Waals surface area contributed by atoms with Gasteiger partial charge in [-0.15, -0.1) is 0 Å². The van der Waals surface area contributed by atoms with Gasteiger partial charge in [0.25, 0.3) is 5.56 Å². The highest BCUT2D eigenvalue weighted by atomic mass is 16.1. The van der Waals surface area contributed by atoms with E-state index in [4.69, 9.17) is 0 Å². The van der Waals surface area contributed by atoms with E-state index in [-0.39, 0.29) is 5.56 Å². The standard InChI is InChI=1S/C22H18N6.C19H18N6.2C17H15N5.C16H13N5O.C16H13N5/c1-2-5-15(6-3-1)14-25-21-18-9-8-17(13-16(18)10-12-24-21)26-22-20-19(27-28-22)7-4-11-23-20;1-3-13(4-1)22-18-15-7-6-14(11-12(15)8-10-21-18)23-19-17-16(24-25-19)5-2-9-20-17;2*1-10-8-12-9-13(5-6-14(12)11(2)19-10)20-17-16-15(21-22-17)4-3-7-18-16;1-9-7-10-8-11(4-5-12(10)16(22)18-9)19-15-14-13(20-21-15)3-2-6-17-14;1-10-7-12-8-13(5-4-11(12)9-18-10)19-16-15-14(20-21-16)3-2-6-17-15/h1-13H,14H2,(H,24,25)(H2,26,27,28);2,5-11,13H,1,3-4H2,(H,21,22)(H2,23,24,25);2*3-9H,1-2H3,(H2,20,21,22);2-8H,1H3,(H,18,22)(H2,19,20,21);2-9H,1H3,(H2,19,20,21). The molecule has 33 heteroatoms. The molecular weight excluding hydrogens is 1750 g/mol. The van der Waals surface area contributed by atoms with E-state index >= 15 is 0 Å². The van der Waals surface area contributed by atoms with Gasteiger partial charge in [-0.25, -0.2) is 9.97 Å². The second kappa shape index (κ2) is 39.2. The van der Waals surface area contributed by atoms with Crippen LogP contribution in [0.3, 0.4) is 0 Å². The Hall–Kier alpha value is -19.1. The third-order valence-corrected chi connectivity index (χ3v) is 23.9. The van der Waals surface area contributed by atoms with Crippen LogP contribution >= 0.6 is 0 Å². The van der Waals surface area contributed by atoms with Gasteiger partial charge in [0, 0.05) is 169 Å². The molecule has 15 N–H and O–H groups in total. The Labute approximate surface area is 798 Å². The highest BCUT2D eigenvalue weighted by Crippen LogP contribution is 2.36. The van der Waals surface area contributed by atoms with Crippen molar-refractivity contribution in [2.45, 2.75) is 73.4 Å². The zero-order valence-corrected chi connectivity index (χ0v) is 76.8. The number of aromatic nitrogens is 24.